The van der Waals surface area contributed by atoms with E-state index in [1.165, 1.54) is 19.2 Å². The molecule has 28 heavy (non-hydrogen) atoms. The van der Waals surface area contributed by atoms with E-state index in [4.69, 9.17) is 9.47 Å². The smallest absolute Gasteiger partial charge is 0.417 e. The van der Waals surface area contributed by atoms with Gasteiger partial charge in [-0.25, -0.2) is 14.1 Å². The molecule has 2 amide bonds. The number of nitrogens with zero attached hydrogens (tertiary/aromatic N) is 1. The molecule has 146 valence electrons. The van der Waals surface area contributed by atoms with Gasteiger partial charge in [-0.05, 0) is 36.2 Å². The number of hydrogen-bond acceptors (Lipinski definition) is 5. The van der Waals surface area contributed by atoms with Crippen molar-refractivity contribution in [2.45, 2.75) is 13.0 Å². The van der Waals surface area contributed by atoms with Crippen LogP contribution in [0.3, 0.4) is 0 Å². The molecule has 1 saturated heterocycles. The Kier molecular flexibility index (Phi) is 6.39. The van der Waals surface area contributed by atoms with Crippen LogP contribution >= 0.6 is 0 Å². The summed E-state index contributed by atoms with van der Waals surface area (Å²) in [4.78, 5) is 26.1. The molecule has 0 atom stereocenters. The van der Waals surface area contributed by atoms with Crippen LogP contribution in [0.25, 0.3) is 0 Å². The lowest BCUT2D eigenvalue weighted by atomic mass is 10.1. The average molecular weight is 384 g/mol. The highest BCUT2D eigenvalue weighted by Crippen LogP contribution is 2.24. The third-order valence-corrected chi connectivity index (χ3v) is 4.31. The third-order valence-electron chi connectivity index (χ3n) is 4.31. The quantitative estimate of drug-likeness (QED) is 0.769. The van der Waals surface area contributed by atoms with Crippen molar-refractivity contribution in [2.24, 2.45) is 0 Å². The van der Waals surface area contributed by atoms with Crippen LogP contribution in [0.15, 0.2) is 65.9 Å². The summed E-state index contributed by atoms with van der Waals surface area (Å²) in [5.74, 6) is -0.768. The van der Waals surface area contributed by atoms with Crippen LogP contribution in [0.4, 0.5) is 14.9 Å². The van der Waals surface area contributed by atoms with Gasteiger partial charge in [0.1, 0.15) is 12.4 Å². The second-order valence-electron chi connectivity index (χ2n) is 6.27. The fraction of sp³-hybridized carbons (Fsp3) is 0.238. The standard InChI is InChI=1S/C21H21FN2O4/c1-27-14-19(23-17-9-7-16(22)8-10-17)18-11-12-24(20(18)25)21(26)28-13-15-5-3-2-4-6-15/h2-10,23H,11-14H2,1H3/b19-18-. The molecule has 6 nitrogen and oxygen atoms in total. The van der Waals surface area contributed by atoms with Crippen molar-refractivity contribution in [3.63, 3.8) is 0 Å². The summed E-state index contributed by atoms with van der Waals surface area (Å²) in [5.41, 5.74) is 2.45. The summed E-state index contributed by atoms with van der Waals surface area (Å²) in [6.45, 7) is 0.493. The first kappa shape index (κ1) is 19.6. The van der Waals surface area contributed by atoms with Crippen LogP contribution in [0, 0.1) is 5.82 Å². The maximum Gasteiger partial charge on any atom is 0.417 e. The van der Waals surface area contributed by atoms with Crippen molar-refractivity contribution in [3.05, 3.63) is 77.2 Å². The van der Waals surface area contributed by atoms with Crippen molar-refractivity contribution >= 4 is 17.7 Å². The Morgan fingerprint density at radius 3 is 2.54 bits per heavy atom. The Morgan fingerprint density at radius 2 is 1.86 bits per heavy atom. The van der Waals surface area contributed by atoms with Gasteiger partial charge in [0.2, 0.25) is 0 Å². The van der Waals surface area contributed by atoms with E-state index in [2.05, 4.69) is 5.32 Å². The molecule has 1 N–H and O–H groups in total. The van der Waals surface area contributed by atoms with Gasteiger partial charge in [0, 0.05) is 24.9 Å². The van der Waals surface area contributed by atoms with Crippen LogP contribution < -0.4 is 5.32 Å². The van der Waals surface area contributed by atoms with Gasteiger partial charge in [-0.3, -0.25) is 4.79 Å². The number of rotatable bonds is 6. The van der Waals surface area contributed by atoms with Crippen LogP contribution in [-0.4, -0.2) is 37.2 Å². The molecule has 1 aliphatic rings. The number of methoxy groups -OCH3 is 1. The first-order valence-electron chi connectivity index (χ1n) is 8.84. The van der Waals surface area contributed by atoms with Crippen LogP contribution in [0.2, 0.25) is 0 Å². The Labute approximate surface area is 162 Å². The van der Waals surface area contributed by atoms with Gasteiger partial charge in [0.15, 0.2) is 0 Å². The largest absolute Gasteiger partial charge is 0.444 e. The number of carbonyl (C=O) groups excluding carboxylic acids is 2. The lowest BCUT2D eigenvalue weighted by Gasteiger charge is -2.15. The molecule has 7 heteroatoms. The monoisotopic (exact) mass is 384 g/mol. The summed E-state index contributed by atoms with van der Waals surface area (Å²) in [5, 5.41) is 3.09. The van der Waals surface area contributed by atoms with Crippen molar-refractivity contribution < 1.29 is 23.5 Å². The van der Waals surface area contributed by atoms with Gasteiger partial charge in [-0.15, -0.1) is 0 Å². The van der Waals surface area contributed by atoms with Crippen molar-refractivity contribution in [1.29, 1.82) is 0 Å². The summed E-state index contributed by atoms with van der Waals surface area (Å²) < 4.78 is 23.5. The predicted molar refractivity (Wildman–Crippen MR) is 102 cm³/mol. The average Bonchev–Trinajstić information content (AvgIpc) is 3.09. The molecule has 0 radical (unpaired) electrons. The van der Waals surface area contributed by atoms with Gasteiger partial charge >= 0.3 is 6.09 Å². The summed E-state index contributed by atoms with van der Waals surface area (Å²) >= 11 is 0. The van der Waals surface area contributed by atoms with E-state index in [1.54, 1.807) is 12.1 Å². The molecular weight excluding hydrogens is 363 g/mol. The molecule has 0 bridgehead atoms. The van der Waals surface area contributed by atoms with Crippen molar-refractivity contribution in [2.75, 3.05) is 25.6 Å². The van der Waals surface area contributed by atoms with E-state index in [0.717, 1.165) is 10.5 Å². The van der Waals surface area contributed by atoms with Crippen molar-refractivity contribution in [1.82, 2.24) is 4.90 Å². The summed E-state index contributed by atoms with van der Waals surface area (Å²) in [6.07, 6.45) is -0.297. The lowest BCUT2D eigenvalue weighted by molar-refractivity contribution is -0.123. The highest BCUT2D eigenvalue weighted by atomic mass is 19.1. The number of halogens is 1. The zero-order valence-electron chi connectivity index (χ0n) is 15.5. The van der Waals surface area contributed by atoms with Gasteiger partial charge in [0.25, 0.3) is 5.91 Å². The minimum atomic E-state index is -0.678. The molecule has 0 aromatic heterocycles. The fourth-order valence-corrected chi connectivity index (χ4v) is 2.90. The van der Waals surface area contributed by atoms with E-state index >= 15 is 0 Å². The molecule has 2 aromatic carbocycles. The maximum atomic E-state index is 13.1. The SMILES string of the molecule is COC/C(Nc1ccc(F)cc1)=C1\CCN(C(=O)OCc2ccccc2)C1=O. The van der Waals surface area contributed by atoms with Gasteiger partial charge in [-0.1, -0.05) is 30.3 Å². The molecule has 0 unspecified atom stereocenters. The minimum absolute atomic E-state index is 0.0985. The summed E-state index contributed by atoms with van der Waals surface area (Å²) in [6, 6.07) is 15.0. The first-order valence-corrected chi connectivity index (χ1v) is 8.84. The minimum Gasteiger partial charge on any atom is -0.444 e. The van der Waals surface area contributed by atoms with E-state index < -0.39 is 12.0 Å². The lowest BCUT2D eigenvalue weighted by Crippen LogP contribution is -2.33. The molecule has 1 aliphatic heterocycles. The van der Waals surface area contributed by atoms with Crippen molar-refractivity contribution in [3.8, 4) is 0 Å². The number of likely N-dealkylation sites (tertiary alicyclic amines) is 1. The first-order chi connectivity index (χ1) is 13.6. The fourth-order valence-electron chi connectivity index (χ4n) is 2.90. The Morgan fingerprint density at radius 1 is 1.14 bits per heavy atom. The second kappa shape index (κ2) is 9.14. The number of amides is 2. The Balaban J connectivity index is 1.69. The van der Waals surface area contributed by atoms with E-state index in [0.29, 0.717) is 23.4 Å². The zero-order valence-corrected chi connectivity index (χ0v) is 15.5. The molecule has 3 rings (SSSR count). The second-order valence-corrected chi connectivity index (χ2v) is 6.27. The van der Waals surface area contributed by atoms with Gasteiger partial charge in [-0.2, -0.15) is 0 Å². The van der Waals surface area contributed by atoms with Gasteiger partial charge < -0.3 is 14.8 Å². The number of benzene rings is 2. The van der Waals surface area contributed by atoms with Crippen LogP contribution in [0.5, 0.6) is 0 Å². The highest BCUT2D eigenvalue weighted by molar-refractivity contribution is 6.05. The number of hydrogen-bond donors (Lipinski definition) is 1. The summed E-state index contributed by atoms with van der Waals surface area (Å²) in [7, 11) is 1.51. The molecule has 0 spiro atoms. The van der Waals surface area contributed by atoms with Crippen LogP contribution in [0.1, 0.15) is 12.0 Å². The molecule has 2 aromatic rings. The number of nitrogens with one attached hydrogen (secondary N) is 1. The number of imide groups is 1. The Bertz CT molecular complexity index is 866. The Hall–Kier alpha value is -3.19. The molecule has 1 fully saturated rings. The molecule has 0 aliphatic carbocycles. The topological polar surface area (TPSA) is 67.9 Å². The normalized spacial score (nSPS) is 15.5. The van der Waals surface area contributed by atoms with E-state index in [1.807, 2.05) is 30.3 Å². The number of carbonyl (C=O) groups is 2. The zero-order chi connectivity index (χ0) is 19.9. The molecular formula is C21H21FN2O4. The maximum absolute atomic E-state index is 13.1. The molecule has 0 saturated carbocycles. The van der Waals surface area contributed by atoms with E-state index in [-0.39, 0.29) is 25.6 Å². The molecule has 1 heterocycles. The highest BCUT2D eigenvalue weighted by Gasteiger charge is 2.34. The van der Waals surface area contributed by atoms with Crippen LogP contribution in [-0.2, 0) is 20.9 Å². The third kappa shape index (κ3) is 4.75. The van der Waals surface area contributed by atoms with Gasteiger partial charge in [0.05, 0.1) is 12.3 Å². The number of anilines is 1. The predicted octanol–water partition coefficient (Wildman–Crippen LogP) is 3.71. The van der Waals surface area contributed by atoms with E-state index in [9.17, 15) is 14.0 Å². The number of ether oxygens (including phenoxy) is 2.